The van der Waals surface area contributed by atoms with Gasteiger partial charge in [0.05, 0.1) is 28.4 Å². The smallest absolute Gasteiger partial charge is 0.300 e. The minimum absolute atomic E-state index is 0.209. The van der Waals surface area contributed by atoms with Crippen LogP contribution in [-0.2, 0) is 11.3 Å². The Bertz CT molecular complexity index is 1440. The zero-order valence-electron chi connectivity index (χ0n) is 16.9. The fourth-order valence-electron chi connectivity index (χ4n) is 3.58. The Morgan fingerprint density at radius 2 is 1.94 bits per heavy atom. The number of aromatic amines is 2. The van der Waals surface area contributed by atoms with Crippen molar-refractivity contribution in [1.29, 1.82) is 0 Å². The fraction of sp³-hybridized carbons (Fsp3) is 0.182. The van der Waals surface area contributed by atoms with E-state index in [2.05, 4.69) is 30.6 Å². The number of nitrogens with zero attached hydrogens (tertiary/aromatic N) is 3. The second kappa shape index (κ2) is 8.41. The van der Waals surface area contributed by atoms with Crippen molar-refractivity contribution in [3.8, 4) is 11.3 Å². The van der Waals surface area contributed by atoms with Crippen molar-refractivity contribution in [2.45, 2.75) is 19.9 Å². The van der Waals surface area contributed by atoms with Crippen LogP contribution in [0.4, 0.5) is 0 Å². The number of benzene rings is 2. The highest BCUT2D eigenvalue weighted by Crippen LogP contribution is 2.29. The summed E-state index contributed by atoms with van der Waals surface area (Å²) >= 11 is 0. The number of hydrogen-bond donors (Lipinski definition) is 4. The van der Waals surface area contributed by atoms with Gasteiger partial charge in [-0.3, -0.25) is 9.59 Å². The molecule has 0 spiro atoms. The molecule has 9 heteroatoms. The fourth-order valence-corrected chi connectivity index (χ4v) is 3.58. The SMILES string of the molecule is CC(=O)O.NCCCn1cc(-c2nc3cc4[nH]cnc4cc3[nH]c2=O)c2ccccc21. The van der Waals surface area contributed by atoms with Crippen molar-refractivity contribution >= 4 is 38.9 Å². The van der Waals surface area contributed by atoms with Gasteiger partial charge in [-0.2, -0.15) is 0 Å². The molecular weight excluding hydrogens is 396 g/mol. The third-order valence-corrected chi connectivity index (χ3v) is 4.88. The molecule has 2 aromatic carbocycles. The van der Waals surface area contributed by atoms with Gasteiger partial charge in [-0.25, -0.2) is 9.97 Å². The molecule has 5 N–H and O–H groups in total. The molecule has 0 unspecified atom stereocenters. The first-order chi connectivity index (χ1) is 15.0. The van der Waals surface area contributed by atoms with Crippen molar-refractivity contribution in [2.75, 3.05) is 6.54 Å². The average Bonchev–Trinajstić information content (AvgIpc) is 3.34. The van der Waals surface area contributed by atoms with E-state index in [1.807, 2.05) is 36.5 Å². The molecule has 158 valence electrons. The third kappa shape index (κ3) is 4.03. The highest BCUT2D eigenvalue weighted by molar-refractivity contribution is 5.97. The monoisotopic (exact) mass is 418 g/mol. The first-order valence-electron chi connectivity index (χ1n) is 9.83. The van der Waals surface area contributed by atoms with Gasteiger partial charge in [0, 0.05) is 36.1 Å². The number of rotatable bonds is 4. The maximum atomic E-state index is 12.8. The summed E-state index contributed by atoms with van der Waals surface area (Å²) in [4.78, 5) is 36.8. The molecule has 0 bridgehead atoms. The highest BCUT2D eigenvalue weighted by atomic mass is 16.4. The molecule has 0 fully saturated rings. The molecule has 0 aliphatic carbocycles. The minimum atomic E-state index is -0.833. The van der Waals surface area contributed by atoms with E-state index in [0.717, 1.165) is 52.9 Å². The number of imidazole rings is 1. The molecule has 31 heavy (non-hydrogen) atoms. The van der Waals surface area contributed by atoms with Crippen LogP contribution in [-0.4, -0.2) is 42.1 Å². The molecule has 3 heterocycles. The van der Waals surface area contributed by atoms with Crippen LogP contribution < -0.4 is 11.3 Å². The lowest BCUT2D eigenvalue weighted by molar-refractivity contribution is -0.134. The zero-order valence-corrected chi connectivity index (χ0v) is 16.9. The Balaban J connectivity index is 0.000000535. The lowest BCUT2D eigenvalue weighted by Gasteiger charge is -2.03. The lowest BCUT2D eigenvalue weighted by Crippen LogP contribution is -2.11. The summed E-state index contributed by atoms with van der Waals surface area (Å²) in [5.74, 6) is -0.833. The normalized spacial score (nSPS) is 11.0. The summed E-state index contributed by atoms with van der Waals surface area (Å²) < 4.78 is 2.14. The number of H-pyrrole nitrogens is 2. The number of aliphatic carboxylic acids is 1. The van der Waals surface area contributed by atoms with E-state index in [4.69, 9.17) is 15.6 Å². The topological polar surface area (TPSA) is 143 Å². The number of nitrogens with two attached hydrogens (primary N) is 1. The number of carboxylic acid groups (broad SMARTS) is 1. The van der Waals surface area contributed by atoms with E-state index in [1.54, 1.807) is 6.33 Å². The van der Waals surface area contributed by atoms with Crippen LogP contribution in [0.2, 0.25) is 0 Å². The maximum absolute atomic E-state index is 12.8. The molecule has 5 rings (SSSR count). The lowest BCUT2D eigenvalue weighted by atomic mass is 10.1. The molecule has 0 radical (unpaired) electrons. The number of carbonyl (C=O) groups is 1. The van der Waals surface area contributed by atoms with Crippen LogP contribution in [0, 0.1) is 0 Å². The van der Waals surface area contributed by atoms with Gasteiger partial charge in [-0.05, 0) is 31.2 Å². The van der Waals surface area contributed by atoms with Gasteiger partial charge in [-0.1, -0.05) is 18.2 Å². The molecule has 0 atom stereocenters. The number of carboxylic acids is 1. The second-order valence-corrected chi connectivity index (χ2v) is 7.12. The summed E-state index contributed by atoms with van der Waals surface area (Å²) in [6, 6.07) is 11.8. The van der Waals surface area contributed by atoms with Crippen molar-refractivity contribution in [3.05, 3.63) is 59.3 Å². The molecule has 5 aromatic rings. The maximum Gasteiger partial charge on any atom is 0.300 e. The van der Waals surface area contributed by atoms with Gasteiger partial charge >= 0.3 is 0 Å². The summed E-state index contributed by atoms with van der Waals surface area (Å²) in [6.07, 6.45) is 4.50. The van der Waals surface area contributed by atoms with Gasteiger partial charge in [0.15, 0.2) is 0 Å². The molecule has 3 aromatic heterocycles. The van der Waals surface area contributed by atoms with Gasteiger partial charge in [0.2, 0.25) is 0 Å². The molecular formula is C22H22N6O3. The number of fused-ring (bicyclic) bond motifs is 3. The molecule has 0 aliphatic heterocycles. The first kappa shape index (κ1) is 20.3. The van der Waals surface area contributed by atoms with Crippen LogP contribution >= 0.6 is 0 Å². The van der Waals surface area contributed by atoms with E-state index < -0.39 is 5.97 Å². The van der Waals surface area contributed by atoms with Crippen LogP contribution in [0.5, 0.6) is 0 Å². The Morgan fingerprint density at radius 1 is 1.19 bits per heavy atom. The molecule has 0 amide bonds. The van der Waals surface area contributed by atoms with Gasteiger partial charge < -0.3 is 25.4 Å². The van der Waals surface area contributed by atoms with Crippen LogP contribution in [0.15, 0.2) is 53.7 Å². The van der Waals surface area contributed by atoms with Crippen LogP contribution in [0.1, 0.15) is 13.3 Å². The number of aryl methyl sites for hydroxylation is 1. The summed E-state index contributed by atoms with van der Waals surface area (Å²) in [7, 11) is 0. The van der Waals surface area contributed by atoms with Crippen molar-refractivity contribution in [3.63, 3.8) is 0 Å². The number of aromatic nitrogens is 5. The Kier molecular flexibility index (Phi) is 5.50. The Morgan fingerprint density at radius 3 is 2.71 bits per heavy atom. The number of para-hydroxylation sites is 1. The van der Waals surface area contributed by atoms with Crippen molar-refractivity contribution < 1.29 is 9.90 Å². The standard InChI is InChI=1S/C20H18N6O.C2H4O2/c21-6-3-7-26-10-13(12-4-1-2-5-18(12)26)19-20(27)25-17-9-15-14(22-11-23-15)8-16(17)24-19;1-2(3)4/h1-2,4-5,8-11H,3,6-7,21H2,(H,22,23)(H,25,27);1H3,(H,3,4). The first-order valence-corrected chi connectivity index (χ1v) is 9.83. The highest BCUT2D eigenvalue weighted by Gasteiger charge is 2.15. The van der Waals surface area contributed by atoms with E-state index in [1.165, 1.54) is 0 Å². The number of nitrogens with one attached hydrogen (secondary N) is 2. The third-order valence-electron chi connectivity index (χ3n) is 4.88. The summed E-state index contributed by atoms with van der Waals surface area (Å²) in [6.45, 7) is 2.51. The van der Waals surface area contributed by atoms with E-state index in [9.17, 15) is 4.79 Å². The Labute approximate surface area is 176 Å². The average molecular weight is 418 g/mol. The molecule has 9 nitrogen and oxygen atoms in total. The van der Waals surface area contributed by atoms with E-state index in [-0.39, 0.29) is 5.56 Å². The molecule has 0 saturated heterocycles. The molecule has 0 saturated carbocycles. The quantitative estimate of drug-likeness (QED) is 0.353. The van der Waals surface area contributed by atoms with E-state index >= 15 is 0 Å². The zero-order chi connectivity index (χ0) is 22.0. The van der Waals surface area contributed by atoms with Crippen LogP contribution in [0.3, 0.4) is 0 Å². The predicted molar refractivity (Wildman–Crippen MR) is 120 cm³/mol. The Hall–Kier alpha value is -3.98. The second-order valence-electron chi connectivity index (χ2n) is 7.12. The van der Waals surface area contributed by atoms with Gasteiger partial charge in [-0.15, -0.1) is 0 Å². The van der Waals surface area contributed by atoms with E-state index in [0.29, 0.717) is 17.8 Å². The van der Waals surface area contributed by atoms with Crippen molar-refractivity contribution in [1.82, 2.24) is 24.5 Å². The summed E-state index contributed by atoms with van der Waals surface area (Å²) in [5, 5.41) is 8.43. The number of hydrogen-bond acceptors (Lipinski definition) is 5. The minimum Gasteiger partial charge on any atom is -0.481 e. The predicted octanol–water partition coefficient (Wildman–Crippen LogP) is 2.86. The van der Waals surface area contributed by atoms with Crippen LogP contribution in [0.25, 0.3) is 44.2 Å². The summed E-state index contributed by atoms with van der Waals surface area (Å²) in [5.41, 5.74) is 10.9. The van der Waals surface area contributed by atoms with Gasteiger partial charge in [0.25, 0.3) is 11.5 Å². The molecule has 0 aliphatic rings. The van der Waals surface area contributed by atoms with Crippen molar-refractivity contribution in [2.24, 2.45) is 5.73 Å². The largest absolute Gasteiger partial charge is 0.481 e. The van der Waals surface area contributed by atoms with Gasteiger partial charge in [0.1, 0.15) is 5.69 Å².